The first-order valence-corrected chi connectivity index (χ1v) is 14.3. The fourth-order valence-electron chi connectivity index (χ4n) is 6.02. The summed E-state index contributed by atoms with van der Waals surface area (Å²) in [6, 6.07) is 9.99. The summed E-state index contributed by atoms with van der Waals surface area (Å²) in [7, 11) is 1.46. The number of esters is 1. The number of carbonyl (C=O) groups excluding carboxylic acids is 1. The largest absolute Gasteiger partial charge is 0.468 e. The Balaban J connectivity index is 1.22. The van der Waals surface area contributed by atoms with Crippen LogP contribution >= 0.6 is 23.2 Å². The molecule has 0 spiro atoms. The van der Waals surface area contributed by atoms with Crippen molar-refractivity contribution in [2.24, 2.45) is 4.99 Å². The number of aliphatic imine (C=N–C) groups is 1. The number of rotatable bonds is 7. The van der Waals surface area contributed by atoms with Crippen molar-refractivity contribution in [2.75, 3.05) is 57.8 Å². The molecule has 1 unspecified atom stereocenters. The van der Waals surface area contributed by atoms with Crippen molar-refractivity contribution in [1.29, 1.82) is 0 Å². The zero-order valence-corrected chi connectivity index (χ0v) is 23.6. The number of amidine groups is 1. The fraction of sp³-hybridized carbons (Fsp3) is 0.536. The van der Waals surface area contributed by atoms with Gasteiger partial charge in [0.25, 0.3) is 0 Å². The Morgan fingerprint density at radius 3 is 2.55 bits per heavy atom. The van der Waals surface area contributed by atoms with Gasteiger partial charge in [0.15, 0.2) is 0 Å². The second kappa shape index (κ2) is 12.2. The molecule has 3 aliphatic heterocycles. The van der Waals surface area contributed by atoms with Crippen LogP contribution in [0, 0.1) is 0 Å². The third-order valence-corrected chi connectivity index (χ3v) is 8.54. The van der Waals surface area contributed by atoms with Crippen molar-refractivity contribution in [1.82, 2.24) is 20.1 Å². The number of hydrogen-bond acceptors (Lipinski definition) is 8. The molecule has 1 N–H and O–H groups in total. The molecular weight excluding hydrogens is 523 g/mol. The highest BCUT2D eigenvalue weighted by Gasteiger charge is 2.37. The van der Waals surface area contributed by atoms with E-state index < -0.39 is 6.04 Å². The monoisotopic (exact) mass is 558 g/mol. The fourth-order valence-corrected chi connectivity index (χ4v) is 6.43. The van der Waals surface area contributed by atoms with Crippen molar-refractivity contribution >= 4 is 40.8 Å². The smallest absolute Gasteiger partial charge is 0.327 e. The molecule has 5 rings (SSSR count). The van der Waals surface area contributed by atoms with E-state index in [1.807, 2.05) is 36.5 Å². The summed E-state index contributed by atoms with van der Waals surface area (Å²) in [4.78, 5) is 29.2. The first-order chi connectivity index (χ1) is 18.5. The number of halogens is 2. The summed E-state index contributed by atoms with van der Waals surface area (Å²) in [5, 5.41) is 4.62. The molecule has 2 fully saturated rings. The molecule has 0 saturated carbocycles. The normalized spacial score (nSPS) is 22.2. The van der Waals surface area contributed by atoms with Gasteiger partial charge >= 0.3 is 5.97 Å². The summed E-state index contributed by atoms with van der Waals surface area (Å²) < 4.78 is 5.17. The van der Waals surface area contributed by atoms with Crippen molar-refractivity contribution in [2.45, 2.75) is 44.3 Å². The average molecular weight is 560 g/mol. The van der Waals surface area contributed by atoms with Crippen LogP contribution in [0.3, 0.4) is 0 Å². The van der Waals surface area contributed by atoms with Crippen LogP contribution in [-0.4, -0.2) is 91.6 Å². The van der Waals surface area contributed by atoms with Gasteiger partial charge in [-0.05, 0) is 43.0 Å². The van der Waals surface area contributed by atoms with Gasteiger partial charge in [-0.1, -0.05) is 42.3 Å². The van der Waals surface area contributed by atoms with E-state index >= 15 is 0 Å². The first-order valence-electron chi connectivity index (χ1n) is 13.5. The number of ether oxygens (including phenoxy) is 1. The van der Waals surface area contributed by atoms with Gasteiger partial charge in [0.2, 0.25) is 0 Å². The van der Waals surface area contributed by atoms with Gasteiger partial charge in [0.1, 0.15) is 17.7 Å². The van der Waals surface area contributed by atoms with E-state index in [-0.39, 0.29) is 5.97 Å². The molecule has 0 amide bonds. The topological polar surface area (TPSA) is 73.3 Å². The number of hydrogen-bond donors (Lipinski definition) is 1. The first kappa shape index (κ1) is 27.2. The molecule has 38 heavy (non-hydrogen) atoms. The van der Waals surface area contributed by atoms with E-state index in [4.69, 9.17) is 32.9 Å². The predicted molar refractivity (Wildman–Crippen MR) is 152 cm³/mol. The summed E-state index contributed by atoms with van der Waals surface area (Å²) in [6.45, 7) is 8.35. The molecule has 204 valence electrons. The van der Waals surface area contributed by atoms with Crippen molar-refractivity contribution in [3.63, 3.8) is 0 Å². The molecule has 2 saturated heterocycles. The summed E-state index contributed by atoms with van der Waals surface area (Å²) in [5.74, 6) is 1.50. The number of anilines is 1. The molecule has 1 aromatic carbocycles. The van der Waals surface area contributed by atoms with E-state index in [2.05, 4.69) is 31.9 Å². The molecule has 10 heteroatoms. The zero-order chi connectivity index (χ0) is 26.6. The van der Waals surface area contributed by atoms with E-state index in [0.29, 0.717) is 22.1 Å². The van der Waals surface area contributed by atoms with Gasteiger partial charge in [0.05, 0.1) is 18.7 Å². The number of aromatic nitrogens is 1. The zero-order valence-electron chi connectivity index (χ0n) is 22.1. The second-order valence-corrected chi connectivity index (χ2v) is 11.0. The minimum Gasteiger partial charge on any atom is -0.468 e. The Kier molecular flexibility index (Phi) is 8.73. The number of nitrogens with one attached hydrogen (secondary N) is 1. The van der Waals surface area contributed by atoms with E-state index in [9.17, 15) is 4.79 Å². The standard InChI is InChI=1S/C28H36Cl2N6O2/c1-3-22-18-35(27-24(30)16-20(17-33-27)26-31-10-11-32-26)14-15-36(22)23-8-12-34(13-9-23)25(28(37)38-2)19-4-6-21(29)7-5-19/h4-7,16-17,22-23,25H,3,8-15,18H2,1-2H3,(H,31,32)/t22-,25?/m0/s1. The van der Waals surface area contributed by atoms with Gasteiger partial charge in [0, 0.05) is 68.1 Å². The van der Waals surface area contributed by atoms with Crippen LogP contribution in [0.4, 0.5) is 5.82 Å². The van der Waals surface area contributed by atoms with E-state index in [1.165, 1.54) is 7.11 Å². The molecule has 1 aromatic heterocycles. The van der Waals surface area contributed by atoms with E-state index in [1.54, 1.807) is 0 Å². The molecule has 0 aliphatic carbocycles. The highest BCUT2D eigenvalue weighted by molar-refractivity contribution is 6.33. The molecule has 2 atom stereocenters. The Hall–Kier alpha value is -2.39. The molecule has 0 bridgehead atoms. The van der Waals surface area contributed by atoms with E-state index in [0.717, 1.165) is 87.9 Å². The maximum absolute atomic E-state index is 12.7. The lowest BCUT2D eigenvalue weighted by molar-refractivity contribution is -0.148. The molecule has 4 heterocycles. The molecule has 8 nitrogen and oxygen atoms in total. The van der Waals surface area contributed by atoms with Gasteiger partial charge in [-0.2, -0.15) is 0 Å². The third kappa shape index (κ3) is 5.78. The minimum atomic E-state index is -0.404. The Morgan fingerprint density at radius 2 is 1.92 bits per heavy atom. The number of methoxy groups -OCH3 is 1. The van der Waals surface area contributed by atoms with Crippen LogP contribution in [0.25, 0.3) is 0 Å². The number of piperidine rings is 1. The van der Waals surface area contributed by atoms with Crippen LogP contribution < -0.4 is 10.2 Å². The highest BCUT2D eigenvalue weighted by atomic mass is 35.5. The van der Waals surface area contributed by atoms with Crippen LogP contribution in [0.1, 0.15) is 43.4 Å². The molecule has 2 aromatic rings. The van der Waals surface area contributed by atoms with Gasteiger partial charge in [-0.25, -0.2) is 9.78 Å². The summed E-state index contributed by atoms with van der Waals surface area (Å²) in [5.41, 5.74) is 1.86. The molecule has 3 aliphatic rings. The van der Waals surface area contributed by atoms with Gasteiger partial charge in [-0.15, -0.1) is 0 Å². The molecular formula is C28H36Cl2N6O2. The van der Waals surface area contributed by atoms with Crippen molar-refractivity contribution in [3.8, 4) is 0 Å². The third-order valence-electron chi connectivity index (χ3n) is 8.01. The number of benzene rings is 1. The summed E-state index contributed by atoms with van der Waals surface area (Å²) in [6.07, 6.45) is 4.96. The van der Waals surface area contributed by atoms with Crippen molar-refractivity contribution in [3.05, 3.63) is 57.7 Å². The number of carbonyl (C=O) groups is 1. The maximum atomic E-state index is 12.7. The number of pyridine rings is 1. The van der Waals surface area contributed by atoms with Crippen LogP contribution in [0.2, 0.25) is 10.0 Å². The molecule has 0 radical (unpaired) electrons. The Morgan fingerprint density at radius 1 is 1.16 bits per heavy atom. The Labute approximate surface area is 235 Å². The quantitative estimate of drug-likeness (QED) is 0.514. The predicted octanol–water partition coefficient (Wildman–Crippen LogP) is 4.02. The van der Waals surface area contributed by atoms with Crippen LogP contribution in [-0.2, 0) is 9.53 Å². The lowest BCUT2D eigenvalue weighted by Crippen LogP contribution is -2.58. The summed E-state index contributed by atoms with van der Waals surface area (Å²) >= 11 is 12.8. The average Bonchev–Trinajstić information content (AvgIpc) is 3.49. The SMILES string of the molecule is CC[C@H]1CN(c2ncc(C3=NCCN3)cc2Cl)CCN1C1CCN(C(C(=O)OC)c2ccc(Cl)cc2)CC1. The lowest BCUT2D eigenvalue weighted by atomic mass is 9.95. The Bertz CT molecular complexity index is 1150. The maximum Gasteiger partial charge on any atom is 0.327 e. The number of likely N-dealkylation sites (tertiary alicyclic amines) is 1. The van der Waals surface area contributed by atoms with Gasteiger partial charge in [-0.3, -0.25) is 14.8 Å². The van der Waals surface area contributed by atoms with Crippen molar-refractivity contribution < 1.29 is 9.53 Å². The highest BCUT2D eigenvalue weighted by Crippen LogP contribution is 2.32. The number of piperazine rings is 1. The second-order valence-electron chi connectivity index (χ2n) is 10.2. The minimum absolute atomic E-state index is 0.225. The lowest BCUT2D eigenvalue weighted by Gasteiger charge is -2.48. The van der Waals surface area contributed by atoms with Crippen LogP contribution in [0.15, 0.2) is 41.5 Å². The van der Waals surface area contributed by atoms with Gasteiger partial charge < -0.3 is 15.0 Å². The van der Waals surface area contributed by atoms with Crippen LogP contribution in [0.5, 0.6) is 0 Å². The number of nitrogens with zero attached hydrogens (tertiary/aromatic N) is 5.